The Bertz CT molecular complexity index is 482. The molecular formula is C17H23NS. The molecule has 0 amide bonds. The summed E-state index contributed by atoms with van der Waals surface area (Å²) in [7, 11) is 0. The van der Waals surface area contributed by atoms with Gasteiger partial charge in [0.25, 0.3) is 0 Å². The molecule has 0 aliphatic carbocycles. The van der Waals surface area contributed by atoms with Crippen molar-refractivity contribution in [3.63, 3.8) is 0 Å². The van der Waals surface area contributed by atoms with Gasteiger partial charge in [-0.15, -0.1) is 11.3 Å². The van der Waals surface area contributed by atoms with E-state index in [9.17, 15) is 0 Å². The standard InChI is InChI=1S/C17H23NS/c1-4-18-16(11-10-15-9-6-12-19-15)17-13(2)7-5-8-14(17)3/h5-9,12,16,18H,4,10-11H2,1-3H3. The number of nitrogens with one attached hydrogen (secondary N) is 1. The van der Waals surface area contributed by atoms with Gasteiger partial charge in [-0.3, -0.25) is 0 Å². The molecule has 1 heterocycles. The van der Waals surface area contributed by atoms with Crippen molar-refractivity contribution in [2.24, 2.45) is 0 Å². The highest BCUT2D eigenvalue weighted by molar-refractivity contribution is 7.09. The van der Waals surface area contributed by atoms with Gasteiger partial charge in [0.15, 0.2) is 0 Å². The van der Waals surface area contributed by atoms with Crippen LogP contribution in [0, 0.1) is 13.8 Å². The lowest BCUT2D eigenvalue weighted by Gasteiger charge is -2.22. The van der Waals surface area contributed by atoms with Crippen molar-refractivity contribution in [1.82, 2.24) is 5.32 Å². The second-order valence-electron chi connectivity index (χ2n) is 5.03. The molecule has 2 heteroatoms. The van der Waals surface area contributed by atoms with Gasteiger partial charge in [-0.1, -0.05) is 31.2 Å². The monoisotopic (exact) mass is 273 g/mol. The Hall–Kier alpha value is -1.12. The molecule has 2 rings (SSSR count). The highest BCUT2D eigenvalue weighted by Crippen LogP contribution is 2.26. The summed E-state index contributed by atoms with van der Waals surface area (Å²) in [5.41, 5.74) is 4.29. The van der Waals surface area contributed by atoms with Crippen LogP contribution in [0.4, 0.5) is 0 Å². The van der Waals surface area contributed by atoms with E-state index < -0.39 is 0 Å². The molecule has 1 N–H and O–H groups in total. The van der Waals surface area contributed by atoms with Gasteiger partial charge in [0.2, 0.25) is 0 Å². The minimum Gasteiger partial charge on any atom is -0.310 e. The van der Waals surface area contributed by atoms with Crippen molar-refractivity contribution in [3.8, 4) is 0 Å². The first-order valence-corrected chi connectivity index (χ1v) is 7.92. The minimum absolute atomic E-state index is 0.466. The van der Waals surface area contributed by atoms with Crippen LogP contribution in [-0.2, 0) is 6.42 Å². The van der Waals surface area contributed by atoms with Gasteiger partial charge < -0.3 is 5.32 Å². The van der Waals surface area contributed by atoms with Gasteiger partial charge in [-0.25, -0.2) is 0 Å². The van der Waals surface area contributed by atoms with Crippen LogP contribution in [0.15, 0.2) is 35.7 Å². The third kappa shape index (κ3) is 3.68. The first-order chi connectivity index (χ1) is 9.22. The van der Waals surface area contributed by atoms with Crippen molar-refractivity contribution in [1.29, 1.82) is 0 Å². The molecule has 0 aliphatic rings. The van der Waals surface area contributed by atoms with Gasteiger partial charge in [0.05, 0.1) is 0 Å². The largest absolute Gasteiger partial charge is 0.310 e. The second-order valence-corrected chi connectivity index (χ2v) is 6.07. The van der Waals surface area contributed by atoms with E-state index in [-0.39, 0.29) is 0 Å². The van der Waals surface area contributed by atoms with Crippen molar-refractivity contribution in [2.45, 2.75) is 39.7 Å². The van der Waals surface area contributed by atoms with Crippen LogP contribution in [-0.4, -0.2) is 6.54 Å². The number of aryl methyl sites for hydroxylation is 3. The number of benzene rings is 1. The molecule has 1 unspecified atom stereocenters. The number of hydrogen-bond acceptors (Lipinski definition) is 2. The van der Waals surface area contributed by atoms with Crippen LogP contribution >= 0.6 is 11.3 Å². The van der Waals surface area contributed by atoms with E-state index in [0.717, 1.165) is 13.0 Å². The van der Waals surface area contributed by atoms with E-state index in [1.807, 2.05) is 11.3 Å². The fourth-order valence-corrected chi connectivity index (χ4v) is 3.44. The van der Waals surface area contributed by atoms with Crippen molar-refractivity contribution in [2.75, 3.05) is 6.54 Å². The van der Waals surface area contributed by atoms with E-state index in [2.05, 4.69) is 61.8 Å². The van der Waals surface area contributed by atoms with Gasteiger partial charge in [-0.05, 0) is 61.4 Å². The summed E-state index contributed by atoms with van der Waals surface area (Å²) in [5, 5.41) is 5.81. The smallest absolute Gasteiger partial charge is 0.0328 e. The Morgan fingerprint density at radius 2 is 1.84 bits per heavy atom. The molecule has 1 atom stereocenters. The van der Waals surface area contributed by atoms with E-state index in [1.54, 1.807) is 0 Å². The molecule has 1 aromatic carbocycles. The summed E-state index contributed by atoms with van der Waals surface area (Å²) in [4.78, 5) is 1.48. The lowest BCUT2D eigenvalue weighted by atomic mass is 9.93. The SMILES string of the molecule is CCNC(CCc1cccs1)c1c(C)cccc1C. The Kier molecular flexibility index (Phi) is 5.17. The molecule has 0 bridgehead atoms. The lowest BCUT2D eigenvalue weighted by Crippen LogP contribution is -2.23. The summed E-state index contributed by atoms with van der Waals surface area (Å²) >= 11 is 1.86. The summed E-state index contributed by atoms with van der Waals surface area (Å²) in [5.74, 6) is 0. The van der Waals surface area contributed by atoms with E-state index in [4.69, 9.17) is 0 Å². The zero-order valence-electron chi connectivity index (χ0n) is 12.1. The average Bonchev–Trinajstić information content (AvgIpc) is 2.88. The quantitative estimate of drug-likeness (QED) is 0.808. The molecule has 0 fully saturated rings. The molecule has 2 aromatic rings. The molecule has 0 saturated heterocycles. The molecule has 0 spiro atoms. The summed E-state index contributed by atoms with van der Waals surface area (Å²) in [6.45, 7) is 7.64. The minimum atomic E-state index is 0.466. The molecule has 19 heavy (non-hydrogen) atoms. The third-order valence-corrected chi connectivity index (χ3v) is 4.54. The molecule has 0 radical (unpaired) electrons. The Morgan fingerprint density at radius 1 is 1.11 bits per heavy atom. The fraction of sp³-hybridized carbons (Fsp3) is 0.412. The number of rotatable bonds is 6. The van der Waals surface area contributed by atoms with Crippen LogP contribution in [0.5, 0.6) is 0 Å². The third-order valence-electron chi connectivity index (χ3n) is 3.60. The molecular weight excluding hydrogens is 250 g/mol. The maximum absolute atomic E-state index is 3.65. The fourth-order valence-electron chi connectivity index (χ4n) is 2.71. The van der Waals surface area contributed by atoms with Gasteiger partial charge in [-0.2, -0.15) is 0 Å². The summed E-state index contributed by atoms with van der Waals surface area (Å²) in [6.07, 6.45) is 2.32. The van der Waals surface area contributed by atoms with Crippen LogP contribution < -0.4 is 5.32 Å². The van der Waals surface area contributed by atoms with Crippen molar-refractivity contribution >= 4 is 11.3 Å². The highest BCUT2D eigenvalue weighted by Gasteiger charge is 2.15. The van der Waals surface area contributed by atoms with Gasteiger partial charge in [0, 0.05) is 10.9 Å². The number of thiophene rings is 1. The zero-order chi connectivity index (χ0) is 13.7. The van der Waals surface area contributed by atoms with Crippen LogP contribution in [0.25, 0.3) is 0 Å². The lowest BCUT2D eigenvalue weighted by molar-refractivity contribution is 0.513. The Morgan fingerprint density at radius 3 is 2.42 bits per heavy atom. The molecule has 1 nitrogen and oxygen atoms in total. The Balaban J connectivity index is 2.15. The van der Waals surface area contributed by atoms with Gasteiger partial charge >= 0.3 is 0 Å². The normalized spacial score (nSPS) is 12.6. The topological polar surface area (TPSA) is 12.0 Å². The molecule has 0 saturated carbocycles. The first kappa shape index (κ1) is 14.3. The molecule has 0 aliphatic heterocycles. The van der Waals surface area contributed by atoms with Crippen molar-refractivity contribution < 1.29 is 0 Å². The predicted molar refractivity (Wildman–Crippen MR) is 85.0 cm³/mol. The maximum Gasteiger partial charge on any atom is 0.0328 e. The van der Waals surface area contributed by atoms with Crippen LogP contribution in [0.1, 0.15) is 41.0 Å². The average molecular weight is 273 g/mol. The zero-order valence-corrected chi connectivity index (χ0v) is 12.9. The molecule has 102 valence electrons. The Labute approximate surface area is 120 Å². The highest BCUT2D eigenvalue weighted by atomic mass is 32.1. The van der Waals surface area contributed by atoms with Crippen molar-refractivity contribution in [3.05, 3.63) is 57.3 Å². The van der Waals surface area contributed by atoms with Crippen LogP contribution in [0.3, 0.4) is 0 Å². The predicted octanol–water partition coefficient (Wildman–Crippen LogP) is 4.65. The second kappa shape index (κ2) is 6.88. The van der Waals surface area contributed by atoms with Crippen LogP contribution in [0.2, 0.25) is 0 Å². The first-order valence-electron chi connectivity index (χ1n) is 7.04. The summed E-state index contributed by atoms with van der Waals surface area (Å²) < 4.78 is 0. The van der Waals surface area contributed by atoms with Gasteiger partial charge in [0.1, 0.15) is 0 Å². The molecule has 1 aromatic heterocycles. The maximum atomic E-state index is 3.65. The van der Waals surface area contributed by atoms with E-state index in [0.29, 0.717) is 6.04 Å². The van der Waals surface area contributed by atoms with E-state index >= 15 is 0 Å². The number of hydrogen-bond donors (Lipinski definition) is 1. The van der Waals surface area contributed by atoms with E-state index in [1.165, 1.54) is 28.0 Å². The summed E-state index contributed by atoms with van der Waals surface area (Å²) in [6, 6.07) is 11.4.